The zero-order chi connectivity index (χ0) is 14.6. The number of carbonyl (C=O) groups excluding carboxylic acids is 1. The maximum Gasteiger partial charge on any atom is 0.283 e. The highest BCUT2D eigenvalue weighted by Gasteiger charge is 2.25. The van der Waals surface area contributed by atoms with Crippen LogP contribution in [0.3, 0.4) is 0 Å². The lowest BCUT2D eigenvalue weighted by Gasteiger charge is -2.20. The monoisotopic (exact) mass is 348 g/mol. The van der Waals surface area contributed by atoms with Crippen molar-refractivity contribution in [2.24, 2.45) is 5.92 Å². The Balaban J connectivity index is 3.09. The summed E-state index contributed by atoms with van der Waals surface area (Å²) in [5.74, 6) is -0.333. The number of nitro groups is 1. The van der Waals surface area contributed by atoms with E-state index in [0.29, 0.717) is 5.33 Å². The van der Waals surface area contributed by atoms with Gasteiger partial charge in [0.1, 0.15) is 5.56 Å². The lowest BCUT2D eigenvalue weighted by atomic mass is 10.1. The molecular weight excluding hydrogens is 336 g/mol. The molecule has 0 heterocycles. The Morgan fingerprint density at radius 3 is 2.63 bits per heavy atom. The van der Waals surface area contributed by atoms with Gasteiger partial charge in [0.05, 0.1) is 9.95 Å². The second-order valence-corrected chi connectivity index (χ2v) is 5.42. The molecule has 1 aromatic rings. The summed E-state index contributed by atoms with van der Waals surface area (Å²) in [5, 5.41) is 14.3. The first-order valence-electron chi connectivity index (χ1n) is 5.68. The number of nitrogens with zero attached hydrogens (tertiary/aromatic N) is 1. The predicted molar refractivity (Wildman–Crippen MR) is 78.0 cm³/mol. The molecule has 1 atom stereocenters. The average Bonchev–Trinajstić information content (AvgIpc) is 2.34. The molecule has 104 valence electrons. The van der Waals surface area contributed by atoms with Crippen LogP contribution in [-0.4, -0.2) is 22.2 Å². The first-order valence-corrected chi connectivity index (χ1v) is 7.18. The summed E-state index contributed by atoms with van der Waals surface area (Å²) in [7, 11) is 0. The van der Waals surface area contributed by atoms with Crippen molar-refractivity contribution in [2.45, 2.75) is 19.9 Å². The molecule has 0 aromatic heterocycles. The van der Waals surface area contributed by atoms with Gasteiger partial charge in [0.25, 0.3) is 11.6 Å². The molecule has 0 aliphatic carbocycles. The standard InChI is InChI=1S/C12H14BrClN2O3/c1-7(2)9(6-13)15-12(17)11-8(14)4-3-5-10(11)16(18)19/h3-5,7,9H,6H2,1-2H3,(H,15,17). The van der Waals surface area contributed by atoms with Crippen molar-refractivity contribution in [1.29, 1.82) is 0 Å². The second-order valence-electron chi connectivity index (χ2n) is 4.37. The Morgan fingerprint density at radius 2 is 2.16 bits per heavy atom. The van der Waals surface area contributed by atoms with Gasteiger partial charge in [0.15, 0.2) is 0 Å². The third kappa shape index (κ3) is 3.91. The smallest absolute Gasteiger partial charge is 0.283 e. The Hall–Kier alpha value is -1.14. The number of hydrogen-bond acceptors (Lipinski definition) is 3. The van der Waals surface area contributed by atoms with E-state index in [1.165, 1.54) is 18.2 Å². The van der Waals surface area contributed by atoms with Crippen LogP contribution in [0.25, 0.3) is 0 Å². The van der Waals surface area contributed by atoms with Gasteiger partial charge in [-0.15, -0.1) is 0 Å². The minimum Gasteiger partial charge on any atom is -0.348 e. The molecule has 1 N–H and O–H groups in total. The van der Waals surface area contributed by atoms with Gasteiger partial charge >= 0.3 is 0 Å². The van der Waals surface area contributed by atoms with Gasteiger partial charge in [0.2, 0.25) is 0 Å². The molecule has 0 fully saturated rings. The van der Waals surface area contributed by atoms with Gasteiger partial charge in [-0.3, -0.25) is 14.9 Å². The van der Waals surface area contributed by atoms with Gasteiger partial charge < -0.3 is 5.32 Å². The zero-order valence-electron chi connectivity index (χ0n) is 10.5. The molecule has 0 bridgehead atoms. The fourth-order valence-corrected chi connectivity index (χ4v) is 2.68. The summed E-state index contributed by atoms with van der Waals surface area (Å²) in [5.41, 5.74) is -0.386. The summed E-state index contributed by atoms with van der Waals surface area (Å²) < 4.78 is 0. The van der Waals surface area contributed by atoms with Crippen LogP contribution in [0.4, 0.5) is 5.69 Å². The Kier molecular flexibility index (Phi) is 5.75. The number of halogens is 2. The first kappa shape index (κ1) is 15.9. The maximum absolute atomic E-state index is 12.1. The molecule has 0 saturated heterocycles. The Bertz CT molecular complexity index is 494. The SMILES string of the molecule is CC(C)C(CBr)NC(=O)c1c(Cl)cccc1[N+](=O)[O-]. The Morgan fingerprint density at radius 1 is 1.53 bits per heavy atom. The van der Waals surface area contributed by atoms with Gasteiger partial charge in [-0.1, -0.05) is 47.4 Å². The number of amides is 1. The van der Waals surface area contributed by atoms with Crippen LogP contribution in [0, 0.1) is 16.0 Å². The summed E-state index contributed by atoms with van der Waals surface area (Å²) in [4.78, 5) is 22.5. The highest BCUT2D eigenvalue weighted by Crippen LogP contribution is 2.26. The number of carbonyl (C=O) groups is 1. The molecule has 19 heavy (non-hydrogen) atoms. The van der Waals surface area contributed by atoms with Crippen molar-refractivity contribution in [1.82, 2.24) is 5.32 Å². The number of rotatable bonds is 5. The minimum atomic E-state index is -0.612. The van der Waals surface area contributed by atoms with E-state index in [-0.39, 0.29) is 28.2 Å². The van der Waals surface area contributed by atoms with Crippen molar-refractivity contribution in [2.75, 3.05) is 5.33 Å². The normalized spacial score (nSPS) is 12.3. The molecule has 0 spiro atoms. The van der Waals surface area contributed by atoms with Crippen LogP contribution >= 0.6 is 27.5 Å². The molecule has 1 amide bonds. The van der Waals surface area contributed by atoms with E-state index in [1.807, 2.05) is 13.8 Å². The molecule has 1 aromatic carbocycles. The number of nitrogens with one attached hydrogen (secondary N) is 1. The number of alkyl halides is 1. The third-order valence-electron chi connectivity index (χ3n) is 2.70. The van der Waals surface area contributed by atoms with Crippen LogP contribution in [0.2, 0.25) is 5.02 Å². The van der Waals surface area contributed by atoms with E-state index >= 15 is 0 Å². The van der Waals surface area contributed by atoms with Gasteiger partial charge in [-0.25, -0.2) is 0 Å². The van der Waals surface area contributed by atoms with Crippen molar-refractivity contribution in [3.63, 3.8) is 0 Å². The van der Waals surface area contributed by atoms with E-state index in [0.717, 1.165) is 0 Å². The summed E-state index contributed by atoms with van der Waals surface area (Å²) in [6.07, 6.45) is 0. The molecule has 1 unspecified atom stereocenters. The van der Waals surface area contributed by atoms with Crippen LogP contribution in [0.15, 0.2) is 18.2 Å². The van der Waals surface area contributed by atoms with Crippen LogP contribution in [-0.2, 0) is 0 Å². The maximum atomic E-state index is 12.1. The van der Waals surface area contributed by atoms with E-state index < -0.39 is 10.8 Å². The van der Waals surface area contributed by atoms with Crippen LogP contribution < -0.4 is 5.32 Å². The lowest BCUT2D eigenvalue weighted by Crippen LogP contribution is -2.40. The van der Waals surface area contributed by atoms with Gasteiger partial charge in [-0.2, -0.15) is 0 Å². The van der Waals surface area contributed by atoms with Crippen molar-refractivity contribution >= 4 is 39.1 Å². The molecule has 0 radical (unpaired) electrons. The third-order valence-corrected chi connectivity index (χ3v) is 3.72. The van der Waals surface area contributed by atoms with Crippen molar-refractivity contribution in [3.8, 4) is 0 Å². The topological polar surface area (TPSA) is 72.2 Å². The van der Waals surface area contributed by atoms with E-state index in [1.54, 1.807) is 0 Å². The van der Waals surface area contributed by atoms with Crippen LogP contribution in [0.1, 0.15) is 24.2 Å². The van der Waals surface area contributed by atoms with E-state index in [4.69, 9.17) is 11.6 Å². The van der Waals surface area contributed by atoms with E-state index in [2.05, 4.69) is 21.2 Å². The van der Waals surface area contributed by atoms with Crippen LogP contribution in [0.5, 0.6) is 0 Å². The predicted octanol–water partition coefficient (Wildman–Crippen LogP) is 3.40. The molecule has 0 aliphatic heterocycles. The van der Waals surface area contributed by atoms with Crippen molar-refractivity contribution < 1.29 is 9.72 Å². The van der Waals surface area contributed by atoms with Gasteiger partial charge in [-0.05, 0) is 12.0 Å². The Labute approximate surface area is 124 Å². The summed E-state index contributed by atoms with van der Waals surface area (Å²) in [6, 6.07) is 4.05. The molecule has 1 rings (SSSR count). The fourth-order valence-electron chi connectivity index (χ4n) is 1.51. The highest BCUT2D eigenvalue weighted by atomic mass is 79.9. The second kappa shape index (κ2) is 6.86. The quantitative estimate of drug-likeness (QED) is 0.503. The van der Waals surface area contributed by atoms with Gasteiger partial charge in [0, 0.05) is 17.4 Å². The largest absolute Gasteiger partial charge is 0.348 e. The highest BCUT2D eigenvalue weighted by molar-refractivity contribution is 9.09. The molecule has 0 aliphatic rings. The molecule has 5 nitrogen and oxygen atoms in total. The molecule has 0 saturated carbocycles. The summed E-state index contributed by atoms with van der Waals surface area (Å²) in [6.45, 7) is 3.90. The van der Waals surface area contributed by atoms with Crippen molar-refractivity contribution in [3.05, 3.63) is 38.9 Å². The minimum absolute atomic E-state index is 0.0729. The molecular formula is C12H14BrClN2O3. The summed E-state index contributed by atoms with van der Waals surface area (Å²) >= 11 is 9.20. The van der Waals surface area contributed by atoms with E-state index in [9.17, 15) is 14.9 Å². The fraction of sp³-hybridized carbons (Fsp3) is 0.417. The number of nitro benzene ring substituents is 1. The average molecular weight is 350 g/mol. The number of hydrogen-bond donors (Lipinski definition) is 1. The number of benzene rings is 1. The zero-order valence-corrected chi connectivity index (χ0v) is 12.9. The lowest BCUT2D eigenvalue weighted by molar-refractivity contribution is -0.385. The first-order chi connectivity index (χ1) is 8.88. The molecule has 7 heteroatoms.